The second-order valence-electron chi connectivity index (χ2n) is 6.27. The van der Waals surface area contributed by atoms with Gasteiger partial charge in [-0.05, 0) is 44.2 Å². The van der Waals surface area contributed by atoms with Crippen LogP contribution in [0.25, 0.3) is 0 Å². The summed E-state index contributed by atoms with van der Waals surface area (Å²) in [7, 11) is 1.73. The van der Waals surface area contributed by atoms with Crippen molar-refractivity contribution in [1.29, 1.82) is 0 Å². The third kappa shape index (κ3) is 1.85. The molecule has 0 aromatic carbocycles. The first-order valence-electron chi connectivity index (χ1n) is 7.36. The van der Waals surface area contributed by atoms with Crippen molar-refractivity contribution in [2.45, 2.75) is 50.8 Å². The Morgan fingerprint density at radius 2 is 2.30 bits per heavy atom. The van der Waals surface area contributed by atoms with Crippen LogP contribution in [-0.2, 0) is 4.74 Å². The lowest BCUT2D eigenvalue weighted by Gasteiger charge is -2.65. The van der Waals surface area contributed by atoms with Crippen LogP contribution in [0.4, 0.5) is 0 Å². The fourth-order valence-electron chi connectivity index (χ4n) is 4.10. The minimum Gasteiger partial charge on any atom is -0.379 e. The number of pyridine rings is 1. The summed E-state index contributed by atoms with van der Waals surface area (Å²) in [6.45, 7) is 4.35. The zero-order valence-corrected chi connectivity index (χ0v) is 12.4. The summed E-state index contributed by atoms with van der Waals surface area (Å²) >= 11 is 0. The van der Waals surface area contributed by atoms with Crippen LogP contribution in [-0.4, -0.2) is 40.6 Å². The molecule has 4 heteroatoms. The molecule has 1 aromatic rings. The van der Waals surface area contributed by atoms with Gasteiger partial charge in [-0.25, -0.2) is 0 Å². The molecule has 1 aliphatic heterocycles. The molecule has 1 saturated heterocycles. The first-order chi connectivity index (χ1) is 9.58. The molecular weight excluding hydrogens is 252 g/mol. The van der Waals surface area contributed by atoms with Crippen LogP contribution in [0.15, 0.2) is 24.4 Å². The van der Waals surface area contributed by atoms with E-state index in [-0.39, 0.29) is 17.6 Å². The van der Waals surface area contributed by atoms with Gasteiger partial charge in [-0.1, -0.05) is 13.0 Å². The van der Waals surface area contributed by atoms with Gasteiger partial charge in [0.1, 0.15) is 5.69 Å². The van der Waals surface area contributed by atoms with E-state index >= 15 is 0 Å². The van der Waals surface area contributed by atoms with Crippen molar-refractivity contribution in [3.63, 3.8) is 0 Å². The van der Waals surface area contributed by atoms with Crippen LogP contribution in [0.1, 0.15) is 43.6 Å². The van der Waals surface area contributed by atoms with Gasteiger partial charge < -0.3 is 9.64 Å². The molecule has 3 rings (SSSR count). The van der Waals surface area contributed by atoms with Crippen LogP contribution in [0.3, 0.4) is 0 Å². The van der Waals surface area contributed by atoms with Crippen molar-refractivity contribution in [3.8, 4) is 0 Å². The van der Waals surface area contributed by atoms with Crippen LogP contribution in [0.2, 0.25) is 0 Å². The lowest BCUT2D eigenvalue weighted by molar-refractivity contribution is -0.160. The normalized spacial score (nSPS) is 33.5. The van der Waals surface area contributed by atoms with Crippen molar-refractivity contribution in [2.24, 2.45) is 5.92 Å². The van der Waals surface area contributed by atoms with Crippen LogP contribution in [0.5, 0.6) is 0 Å². The second kappa shape index (κ2) is 4.85. The predicted octanol–water partition coefficient (Wildman–Crippen LogP) is 2.50. The molecule has 1 aliphatic carbocycles. The lowest BCUT2D eigenvalue weighted by Crippen LogP contribution is -2.75. The highest BCUT2D eigenvalue weighted by Crippen LogP contribution is 2.52. The van der Waals surface area contributed by atoms with Gasteiger partial charge in [-0.2, -0.15) is 0 Å². The molecule has 2 bridgehead atoms. The average Bonchev–Trinajstić information content (AvgIpc) is 2.46. The second-order valence-corrected chi connectivity index (χ2v) is 6.27. The fraction of sp³-hybridized carbons (Fsp3) is 0.625. The summed E-state index contributed by atoms with van der Waals surface area (Å²) in [5.74, 6) is 0.705. The summed E-state index contributed by atoms with van der Waals surface area (Å²) < 4.78 is 5.58. The Labute approximate surface area is 120 Å². The first-order valence-corrected chi connectivity index (χ1v) is 7.36. The van der Waals surface area contributed by atoms with Crippen LogP contribution >= 0.6 is 0 Å². The predicted molar refractivity (Wildman–Crippen MR) is 76.4 cm³/mol. The zero-order valence-electron chi connectivity index (χ0n) is 12.4. The number of piperidine rings is 1. The Morgan fingerprint density at radius 1 is 1.50 bits per heavy atom. The minimum atomic E-state index is -0.133. The van der Waals surface area contributed by atoms with E-state index in [1.54, 1.807) is 19.4 Å². The Morgan fingerprint density at radius 3 is 2.95 bits per heavy atom. The Bertz CT molecular complexity index is 504. The van der Waals surface area contributed by atoms with Gasteiger partial charge >= 0.3 is 0 Å². The largest absolute Gasteiger partial charge is 0.379 e. The fourth-order valence-corrected chi connectivity index (χ4v) is 4.10. The van der Waals surface area contributed by atoms with Crippen LogP contribution < -0.4 is 0 Å². The highest BCUT2D eigenvalue weighted by molar-refractivity contribution is 5.94. The number of carbonyl (C=O) groups excluding carboxylic acids is 1. The number of fused-ring (bicyclic) bond motifs is 2. The third-order valence-corrected chi connectivity index (χ3v) is 5.02. The highest BCUT2D eigenvalue weighted by atomic mass is 16.5. The molecule has 2 aliphatic rings. The number of aromatic nitrogens is 1. The van der Waals surface area contributed by atoms with E-state index in [0.29, 0.717) is 17.7 Å². The molecule has 2 heterocycles. The molecule has 4 nitrogen and oxygen atoms in total. The van der Waals surface area contributed by atoms with Gasteiger partial charge in [0.2, 0.25) is 0 Å². The van der Waals surface area contributed by atoms with Crippen LogP contribution in [0, 0.1) is 5.92 Å². The number of ether oxygens (including phenoxy) is 1. The molecule has 2 fully saturated rings. The molecule has 4 atom stereocenters. The molecule has 1 amide bonds. The third-order valence-electron chi connectivity index (χ3n) is 5.02. The van der Waals surface area contributed by atoms with Gasteiger partial charge in [0.25, 0.3) is 5.91 Å². The maximum absolute atomic E-state index is 12.8. The van der Waals surface area contributed by atoms with E-state index in [9.17, 15) is 4.79 Å². The molecule has 0 spiro atoms. The maximum atomic E-state index is 12.8. The van der Waals surface area contributed by atoms with Crippen molar-refractivity contribution >= 4 is 5.91 Å². The molecule has 1 saturated carbocycles. The molecule has 1 aromatic heterocycles. The molecule has 2 unspecified atom stereocenters. The van der Waals surface area contributed by atoms with E-state index < -0.39 is 0 Å². The number of rotatable bonds is 3. The van der Waals surface area contributed by atoms with Crippen molar-refractivity contribution < 1.29 is 9.53 Å². The number of amides is 1. The number of hydrogen-bond acceptors (Lipinski definition) is 3. The summed E-state index contributed by atoms with van der Waals surface area (Å²) in [4.78, 5) is 19.0. The maximum Gasteiger partial charge on any atom is 0.273 e. The van der Waals surface area contributed by atoms with Gasteiger partial charge in [-0.3, -0.25) is 9.78 Å². The molecule has 0 N–H and O–H groups in total. The number of methoxy groups -OCH3 is 1. The number of hydrogen-bond donors (Lipinski definition) is 0. The highest BCUT2D eigenvalue weighted by Gasteiger charge is 2.61. The summed E-state index contributed by atoms with van der Waals surface area (Å²) in [5.41, 5.74) is 0.408. The van der Waals surface area contributed by atoms with E-state index in [2.05, 4.69) is 18.8 Å². The van der Waals surface area contributed by atoms with E-state index in [1.165, 1.54) is 0 Å². The summed E-state index contributed by atoms with van der Waals surface area (Å²) in [6.07, 6.45) is 4.92. The van der Waals surface area contributed by atoms with Gasteiger partial charge in [0.05, 0.1) is 11.6 Å². The molecular formula is C16H22N2O2. The standard InChI is InChI=1S/C16H22N2O2/c1-11-8-13-10-16(9-11,12(2)20-3)18(13)15(19)14-6-4-5-7-17-14/h4-7,11-13H,8-10H2,1-3H3/t11-,12?,13-,16?/m1/s1. The van der Waals surface area contributed by atoms with Gasteiger partial charge in [0, 0.05) is 19.3 Å². The van der Waals surface area contributed by atoms with Gasteiger partial charge in [0.15, 0.2) is 0 Å². The number of nitrogens with zero attached hydrogens (tertiary/aromatic N) is 2. The topological polar surface area (TPSA) is 42.4 Å². The Kier molecular flexibility index (Phi) is 3.28. The molecule has 20 heavy (non-hydrogen) atoms. The lowest BCUT2D eigenvalue weighted by atomic mass is 9.62. The average molecular weight is 274 g/mol. The smallest absolute Gasteiger partial charge is 0.273 e. The number of carbonyl (C=O) groups is 1. The minimum absolute atomic E-state index is 0.0534. The Hall–Kier alpha value is -1.42. The van der Waals surface area contributed by atoms with Crippen molar-refractivity contribution in [3.05, 3.63) is 30.1 Å². The SMILES string of the molecule is COC(C)C12C[C@H](C)C[C@H](C1)N2C(=O)c1ccccn1. The molecule has 0 radical (unpaired) electrons. The summed E-state index contributed by atoms with van der Waals surface area (Å²) in [5, 5.41) is 0. The van der Waals surface area contributed by atoms with Crippen molar-refractivity contribution in [2.75, 3.05) is 7.11 Å². The summed E-state index contributed by atoms with van der Waals surface area (Å²) in [6, 6.07) is 5.85. The van der Waals surface area contributed by atoms with Crippen molar-refractivity contribution in [1.82, 2.24) is 9.88 Å². The Balaban J connectivity index is 1.91. The zero-order chi connectivity index (χ0) is 14.3. The van der Waals surface area contributed by atoms with E-state index in [0.717, 1.165) is 19.3 Å². The quantitative estimate of drug-likeness (QED) is 0.850. The van der Waals surface area contributed by atoms with Gasteiger partial charge in [-0.15, -0.1) is 0 Å². The monoisotopic (exact) mass is 274 g/mol. The number of likely N-dealkylation sites (tertiary alicyclic amines) is 1. The van der Waals surface area contributed by atoms with E-state index in [4.69, 9.17) is 4.74 Å². The van der Waals surface area contributed by atoms with E-state index in [1.807, 2.05) is 17.0 Å². The molecule has 108 valence electrons. The first kappa shape index (κ1) is 13.6.